The SMILES string of the molecule is C#CCN(CC#CC)CCc1ccccn1. The van der Waals surface area contributed by atoms with Crippen molar-refractivity contribution >= 4 is 0 Å². The minimum Gasteiger partial charge on any atom is -0.281 e. The Labute approximate surface area is 97.7 Å². The Bertz CT molecular complexity index is 392. The lowest BCUT2D eigenvalue weighted by molar-refractivity contribution is 0.348. The summed E-state index contributed by atoms with van der Waals surface area (Å²) >= 11 is 0. The van der Waals surface area contributed by atoms with Crippen LogP contribution in [0.5, 0.6) is 0 Å². The molecule has 0 aromatic carbocycles. The summed E-state index contributed by atoms with van der Waals surface area (Å²) in [6.07, 6.45) is 8.04. The zero-order valence-corrected chi connectivity index (χ0v) is 9.61. The van der Waals surface area contributed by atoms with E-state index < -0.39 is 0 Å². The largest absolute Gasteiger partial charge is 0.281 e. The van der Waals surface area contributed by atoms with Crippen LogP contribution in [0.1, 0.15) is 12.6 Å². The molecule has 0 radical (unpaired) electrons. The maximum atomic E-state index is 5.31. The number of aromatic nitrogens is 1. The predicted molar refractivity (Wildman–Crippen MR) is 66.7 cm³/mol. The van der Waals surface area contributed by atoms with E-state index in [-0.39, 0.29) is 0 Å². The molecule has 0 fully saturated rings. The fraction of sp³-hybridized carbons (Fsp3) is 0.357. The molecule has 0 spiro atoms. The fourth-order valence-corrected chi connectivity index (χ4v) is 1.35. The van der Waals surface area contributed by atoms with Gasteiger partial charge in [0.15, 0.2) is 0 Å². The van der Waals surface area contributed by atoms with E-state index in [1.54, 1.807) is 0 Å². The van der Waals surface area contributed by atoms with Gasteiger partial charge in [0.05, 0.1) is 13.1 Å². The highest BCUT2D eigenvalue weighted by atomic mass is 15.1. The van der Waals surface area contributed by atoms with Gasteiger partial charge in [0, 0.05) is 24.9 Å². The molecular weight excluding hydrogens is 196 g/mol. The summed E-state index contributed by atoms with van der Waals surface area (Å²) in [4.78, 5) is 6.42. The third kappa shape index (κ3) is 4.64. The van der Waals surface area contributed by atoms with E-state index in [0.717, 1.165) is 25.2 Å². The summed E-state index contributed by atoms with van der Waals surface area (Å²) in [6.45, 7) is 4.11. The third-order valence-electron chi connectivity index (χ3n) is 2.20. The van der Waals surface area contributed by atoms with Gasteiger partial charge < -0.3 is 0 Å². The first-order valence-electron chi connectivity index (χ1n) is 5.32. The second-order valence-electron chi connectivity index (χ2n) is 3.41. The molecule has 0 saturated heterocycles. The summed E-state index contributed by atoms with van der Waals surface area (Å²) in [7, 11) is 0. The Hall–Kier alpha value is -1.77. The lowest BCUT2D eigenvalue weighted by atomic mass is 10.2. The highest BCUT2D eigenvalue weighted by Crippen LogP contribution is 1.97. The van der Waals surface area contributed by atoms with Gasteiger partial charge in [-0.1, -0.05) is 17.9 Å². The Morgan fingerprint density at radius 3 is 2.88 bits per heavy atom. The smallest absolute Gasteiger partial charge is 0.0609 e. The Morgan fingerprint density at radius 1 is 1.38 bits per heavy atom. The molecule has 0 amide bonds. The van der Waals surface area contributed by atoms with Crippen molar-refractivity contribution in [1.82, 2.24) is 9.88 Å². The molecule has 0 saturated carbocycles. The molecule has 0 aliphatic rings. The van der Waals surface area contributed by atoms with Crippen molar-refractivity contribution in [2.45, 2.75) is 13.3 Å². The van der Waals surface area contributed by atoms with Crippen molar-refractivity contribution in [3.8, 4) is 24.2 Å². The molecule has 1 heterocycles. The zero-order chi connectivity index (χ0) is 11.6. The summed E-state index contributed by atoms with van der Waals surface area (Å²) in [6, 6.07) is 5.95. The summed E-state index contributed by atoms with van der Waals surface area (Å²) in [5, 5.41) is 0. The summed E-state index contributed by atoms with van der Waals surface area (Å²) < 4.78 is 0. The molecule has 1 aromatic rings. The molecule has 0 atom stereocenters. The lowest BCUT2D eigenvalue weighted by Gasteiger charge is -2.15. The number of pyridine rings is 1. The molecule has 0 aliphatic heterocycles. The van der Waals surface area contributed by atoms with Gasteiger partial charge >= 0.3 is 0 Å². The molecule has 2 nitrogen and oxygen atoms in total. The normalized spacial score (nSPS) is 9.31. The third-order valence-corrected chi connectivity index (χ3v) is 2.20. The molecule has 1 aromatic heterocycles. The predicted octanol–water partition coefficient (Wildman–Crippen LogP) is 1.58. The van der Waals surface area contributed by atoms with Gasteiger partial charge in [-0.15, -0.1) is 12.3 Å². The van der Waals surface area contributed by atoms with Crippen LogP contribution in [0.2, 0.25) is 0 Å². The van der Waals surface area contributed by atoms with E-state index in [1.165, 1.54) is 0 Å². The zero-order valence-electron chi connectivity index (χ0n) is 9.61. The van der Waals surface area contributed by atoms with Gasteiger partial charge in [0.25, 0.3) is 0 Å². The number of nitrogens with zero attached hydrogens (tertiary/aromatic N) is 2. The van der Waals surface area contributed by atoms with E-state index in [2.05, 4.69) is 27.6 Å². The molecule has 1 rings (SSSR count). The standard InChI is InChI=1S/C14H16N2/c1-3-5-12-16(11-4-2)13-9-14-8-6-7-10-15-14/h2,6-8,10H,9,11-13H2,1H3. The van der Waals surface area contributed by atoms with Crippen molar-refractivity contribution in [3.05, 3.63) is 30.1 Å². The van der Waals surface area contributed by atoms with Crippen LogP contribution in [0, 0.1) is 24.2 Å². The van der Waals surface area contributed by atoms with Gasteiger partial charge in [-0.25, -0.2) is 0 Å². The summed E-state index contributed by atoms with van der Waals surface area (Å²) in [5.41, 5.74) is 1.09. The van der Waals surface area contributed by atoms with Crippen molar-refractivity contribution in [2.24, 2.45) is 0 Å². The highest BCUT2D eigenvalue weighted by molar-refractivity contribution is 5.05. The van der Waals surface area contributed by atoms with Crippen LogP contribution < -0.4 is 0 Å². The molecule has 0 unspecified atom stereocenters. The topological polar surface area (TPSA) is 16.1 Å². The first-order valence-corrected chi connectivity index (χ1v) is 5.32. The van der Waals surface area contributed by atoms with Crippen LogP contribution in [0.3, 0.4) is 0 Å². The molecule has 0 N–H and O–H groups in total. The molecule has 0 aliphatic carbocycles. The van der Waals surface area contributed by atoms with Gasteiger partial charge in [-0.2, -0.15) is 0 Å². The molecular formula is C14H16N2. The first-order chi connectivity index (χ1) is 7.86. The Morgan fingerprint density at radius 2 is 2.25 bits per heavy atom. The van der Waals surface area contributed by atoms with Crippen LogP contribution in [0.25, 0.3) is 0 Å². The van der Waals surface area contributed by atoms with E-state index in [4.69, 9.17) is 6.42 Å². The van der Waals surface area contributed by atoms with Crippen molar-refractivity contribution in [1.29, 1.82) is 0 Å². The Balaban J connectivity index is 2.43. The maximum Gasteiger partial charge on any atom is 0.0609 e. The number of hydrogen-bond acceptors (Lipinski definition) is 2. The number of terminal acetylenes is 1. The molecule has 0 bridgehead atoms. The van der Waals surface area contributed by atoms with Gasteiger partial charge in [0.2, 0.25) is 0 Å². The molecule has 2 heteroatoms. The quantitative estimate of drug-likeness (QED) is 0.689. The second-order valence-corrected chi connectivity index (χ2v) is 3.41. The fourth-order valence-electron chi connectivity index (χ4n) is 1.35. The molecule has 82 valence electrons. The highest BCUT2D eigenvalue weighted by Gasteiger charge is 2.02. The van der Waals surface area contributed by atoms with E-state index in [0.29, 0.717) is 6.54 Å². The minimum atomic E-state index is 0.640. The minimum absolute atomic E-state index is 0.640. The average Bonchev–Trinajstić information content (AvgIpc) is 2.34. The monoisotopic (exact) mass is 212 g/mol. The second kappa shape index (κ2) is 7.51. The van der Waals surface area contributed by atoms with Crippen molar-refractivity contribution in [2.75, 3.05) is 19.6 Å². The van der Waals surface area contributed by atoms with Gasteiger partial charge in [-0.3, -0.25) is 9.88 Å². The number of hydrogen-bond donors (Lipinski definition) is 0. The van der Waals surface area contributed by atoms with Crippen LogP contribution >= 0.6 is 0 Å². The van der Waals surface area contributed by atoms with E-state index in [9.17, 15) is 0 Å². The molecule has 16 heavy (non-hydrogen) atoms. The number of rotatable bonds is 5. The maximum absolute atomic E-state index is 5.31. The van der Waals surface area contributed by atoms with Crippen LogP contribution in [0.15, 0.2) is 24.4 Å². The van der Waals surface area contributed by atoms with Crippen LogP contribution in [0.4, 0.5) is 0 Å². The average molecular weight is 212 g/mol. The van der Waals surface area contributed by atoms with Gasteiger partial charge in [0.1, 0.15) is 0 Å². The van der Waals surface area contributed by atoms with Crippen LogP contribution in [-0.2, 0) is 6.42 Å². The lowest BCUT2D eigenvalue weighted by Crippen LogP contribution is -2.27. The van der Waals surface area contributed by atoms with E-state index >= 15 is 0 Å². The first kappa shape index (κ1) is 12.3. The Kier molecular flexibility index (Phi) is 5.78. The van der Waals surface area contributed by atoms with E-state index in [1.807, 2.05) is 31.3 Å². The van der Waals surface area contributed by atoms with Gasteiger partial charge in [-0.05, 0) is 19.1 Å². The summed E-state index contributed by atoms with van der Waals surface area (Å²) in [5.74, 6) is 8.56. The van der Waals surface area contributed by atoms with Crippen molar-refractivity contribution < 1.29 is 0 Å². The van der Waals surface area contributed by atoms with Crippen molar-refractivity contribution in [3.63, 3.8) is 0 Å². The van der Waals surface area contributed by atoms with Crippen LogP contribution in [-0.4, -0.2) is 29.5 Å².